The molecule has 3 nitrogen and oxygen atoms in total. The molecule has 0 heterocycles. The minimum Gasteiger partial charge on any atom is -0.496 e. The third-order valence-electron chi connectivity index (χ3n) is 2.78. The van der Waals surface area contributed by atoms with Gasteiger partial charge in [0.15, 0.2) is 0 Å². The van der Waals surface area contributed by atoms with Crippen molar-refractivity contribution in [3.8, 4) is 17.2 Å². The smallest absolute Gasteiger partial charge is 0.141 e. The van der Waals surface area contributed by atoms with E-state index in [0.29, 0.717) is 27.3 Å². The Kier molecular flexibility index (Phi) is 4.62. The maximum atomic E-state index is 13.5. The summed E-state index contributed by atoms with van der Waals surface area (Å²) in [4.78, 5) is 0. The largest absolute Gasteiger partial charge is 0.496 e. The van der Waals surface area contributed by atoms with Crippen molar-refractivity contribution in [1.82, 2.24) is 0 Å². The summed E-state index contributed by atoms with van der Waals surface area (Å²) in [6, 6.07) is 9.65. The van der Waals surface area contributed by atoms with Crippen LogP contribution in [0.2, 0.25) is 0 Å². The highest BCUT2D eigenvalue weighted by molar-refractivity contribution is 9.10. The summed E-state index contributed by atoms with van der Waals surface area (Å²) in [6.45, 7) is 1.62. The molecule has 1 unspecified atom stereocenters. The van der Waals surface area contributed by atoms with E-state index >= 15 is 0 Å². The van der Waals surface area contributed by atoms with Gasteiger partial charge in [0.05, 0.1) is 23.2 Å². The van der Waals surface area contributed by atoms with Crippen molar-refractivity contribution in [2.45, 2.75) is 13.0 Å². The fourth-order valence-corrected chi connectivity index (χ4v) is 2.12. The molecule has 1 atom stereocenters. The average molecular weight is 341 g/mol. The van der Waals surface area contributed by atoms with E-state index in [1.807, 2.05) is 0 Å². The minimum atomic E-state index is -0.763. The Morgan fingerprint density at radius 2 is 1.90 bits per heavy atom. The van der Waals surface area contributed by atoms with Gasteiger partial charge in [0.2, 0.25) is 0 Å². The van der Waals surface area contributed by atoms with E-state index in [0.717, 1.165) is 0 Å². The second-order valence-corrected chi connectivity index (χ2v) is 5.08. The fourth-order valence-electron chi connectivity index (χ4n) is 1.87. The van der Waals surface area contributed by atoms with Crippen molar-refractivity contribution in [2.75, 3.05) is 7.11 Å². The van der Waals surface area contributed by atoms with E-state index in [9.17, 15) is 9.50 Å². The molecule has 0 saturated carbocycles. The summed E-state index contributed by atoms with van der Waals surface area (Å²) in [5.74, 6) is 0.890. The molecular weight excluding hydrogens is 327 g/mol. The van der Waals surface area contributed by atoms with Gasteiger partial charge < -0.3 is 14.6 Å². The van der Waals surface area contributed by atoms with Gasteiger partial charge in [-0.3, -0.25) is 0 Å². The lowest BCUT2D eigenvalue weighted by Crippen LogP contribution is -2.00. The van der Waals surface area contributed by atoms with Crippen molar-refractivity contribution < 1.29 is 19.0 Å². The molecule has 20 heavy (non-hydrogen) atoms. The predicted molar refractivity (Wildman–Crippen MR) is 77.8 cm³/mol. The zero-order valence-electron chi connectivity index (χ0n) is 11.1. The lowest BCUT2D eigenvalue weighted by Gasteiger charge is -2.16. The molecule has 0 aliphatic rings. The van der Waals surface area contributed by atoms with Gasteiger partial charge in [0, 0.05) is 6.07 Å². The molecule has 0 aliphatic heterocycles. The summed E-state index contributed by atoms with van der Waals surface area (Å²) >= 11 is 3.08. The number of hydrogen-bond donors (Lipinski definition) is 1. The predicted octanol–water partition coefficient (Wildman–Crippen LogP) is 4.44. The Bertz CT molecular complexity index is 614. The topological polar surface area (TPSA) is 38.7 Å². The first-order valence-electron chi connectivity index (χ1n) is 6.00. The van der Waals surface area contributed by atoms with Gasteiger partial charge in [-0.05, 0) is 47.1 Å². The van der Waals surface area contributed by atoms with Crippen LogP contribution in [0.3, 0.4) is 0 Å². The van der Waals surface area contributed by atoms with Gasteiger partial charge in [0.25, 0.3) is 0 Å². The third-order valence-corrected chi connectivity index (χ3v) is 3.43. The van der Waals surface area contributed by atoms with Crippen molar-refractivity contribution >= 4 is 15.9 Å². The van der Waals surface area contributed by atoms with E-state index in [2.05, 4.69) is 15.9 Å². The standard InChI is InChI=1S/C15H14BrFO3/c1-9(18)15-13(19-2)4-3-5-14(15)20-10-6-7-11(16)12(17)8-10/h3-9,18H,1-2H3. The maximum Gasteiger partial charge on any atom is 0.141 e. The van der Waals surface area contributed by atoms with Gasteiger partial charge in [-0.25, -0.2) is 4.39 Å². The Hall–Kier alpha value is -1.59. The van der Waals surface area contributed by atoms with Gasteiger partial charge >= 0.3 is 0 Å². The van der Waals surface area contributed by atoms with Crippen LogP contribution in [0.4, 0.5) is 4.39 Å². The molecule has 5 heteroatoms. The maximum absolute atomic E-state index is 13.5. The fraction of sp³-hybridized carbons (Fsp3) is 0.200. The van der Waals surface area contributed by atoms with Crippen LogP contribution in [0.15, 0.2) is 40.9 Å². The normalized spacial score (nSPS) is 12.1. The molecule has 0 aliphatic carbocycles. The lowest BCUT2D eigenvalue weighted by molar-refractivity contribution is 0.190. The first kappa shape index (κ1) is 14.8. The van der Waals surface area contributed by atoms with Crippen molar-refractivity contribution in [2.24, 2.45) is 0 Å². The van der Waals surface area contributed by atoms with Crippen LogP contribution in [-0.4, -0.2) is 12.2 Å². The molecule has 2 aromatic carbocycles. The van der Waals surface area contributed by atoms with E-state index in [4.69, 9.17) is 9.47 Å². The number of ether oxygens (including phenoxy) is 2. The number of rotatable bonds is 4. The zero-order chi connectivity index (χ0) is 14.7. The van der Waals surface area contributed by atoms with Crippen LogP contribution in [-0.2, 0) is 0 Å². The van der Waals surface area contributed by atoms with Crippen molar-refractivity contribution in [3.05, 3.63) is 52.3 Å². The van der Waals surface area contributed by atoms with Crippen LogP contribution >= 0.6 is 15.9 Å². The van der Waals surface area contributed by atoms with Gasteiger partial charge in [-0.2, -0.15) is 0 Å². The molecular formula is C15H14BrFO3. The quantitative estimate of drug-likeness (QED) is 0.893. The second kappa shape index (κ2) is 6.24. The highest BCUT2D eigenvalue weighted by atomic mass is 79.9. The van der Waals surface area contributed by atoms with Gasteiger partial charge in [0.1, 0.15) is 23.1 Å². The monoisotopic (exact) mass is 340 g/mol. The molecule has 0 saturated heterocycles. The van der Waals surface area contributed by atoms with Crippen molar-refractivity contribution in [1.29, 1.82) is 0 Å². The Morgan fingerprint density at radius 1 is 1.20 bits per heavy atom. The molecule has 0 fully saturated rings. The summed E-state index contributed by atoms with van der Waals surface area (Å²) < 4.78 is 24.7. The SMILES string of the molecule is COc1cccc(Oc2ccc(Br)c(F)c2)c1C(C)O. The molecule has 0 aromatic heterocycles. The average Bonchev–Trinajstić information content (AvgIpc) is 2.42. The third kappa shape index (κ3) is 3.11. The van der Waals surface area contributed by atoms with E-state index in [1.54, 1.807) is 37.3 Å². The number of hydrogen-bond acceptors (Lipinski definition) is 3. The summed E-state index contributed by atoms with van der Waals surface area (Å²) in [7, 11) is 1.52. The Balaban J connectivity index is 2.40. The van der Waals surface area contributed by atoms with E-state index in [-0.39, 0.29) is 0 Å². The molecule has 0 spiro atoms. The highest BCUT2D eigenvalue weighted by Crippen LogP contribution is 2.36. The van der Waals surface area contributed by atoms with Gasteiger partial charge in [-0.1, -0.05) is 6.07 Å². The molecule has 1 N–H and O–H groups in total. The number of halogens is 2. The summed E-state index contributed by atoms with van der Waals surface area (Å²) in [5, 5.41) is 9.85. The first-order valence-corrected chi connectivity index (χ1v) is 6.80. The molecule has 2 rings (SSSR count). The van der Waals surface area contributed by atoms with Crippen molar-refractivity contribution in [3.63, 3.8) is 0 Å². The number of benzene rings is 2. The first-order chi connectivity index (χ1) is 9.52. The highest BCUT2D eigenvalue weighted by Gasteiger charge is 2.16. The zero-order valence-corrected chi connectivity index (χ0v) is 12.6. The lowest BCUT2D eigenvalue weighted by atomic mass is 10.1. The number of aliphatic hydroxyl groups excluding tert-OH is 1. The van der Waals surface area contributed by atoms with E-state index in [1.165, 1.54) is 13.2 Å². The summed E-state index contributed by atoms with van der Waals surface area (Å²) in [6.07, 6.45) is -0.763. The molecule has 0 amide bonds. The Labute approximate surface area is 125 Å². The van der Waals surface area contributed by atoms with Crippen LogP contribution in [0.25, 0.3) is 0 Å². The minimum absolute atomic E-state index is 0.348. The van der Waals surface area contributed by atoms with E-state index < -0.39 is 11.9 Å². The number of aliphatic hydroxyl groups is 1. The van der Waals surface area contributed by atoms with Crippen LogP contribution in [0.1, 0.15) is 18.6 Å². The molecule has 0 bridgehead atoms. The van der Waals surface area contributed by atoms with Crippen LogP contribution in [0, 0.1) is 5.82 Å². The molecule has 106 valence electrons. The number of methoxy groups -OCH3 is 1. The summed E-state index contributed by atoms with van der Waals surface area (Å²) in [5.41, 5.74) is 0.526. The molecule has 0 radical (unpaired) electrons. The Morgan fingerprint density at radius 3 is 2.50 bits per heavy atom. The molecule has 2 aromatic rings. The second-order valence-electron chi connectivity index (χ2n) is 4.23. The van der Waals surface area contributed by atoms with Gasteiger partial charge in [-0.15, -0.1) is 0 Å². The van der Waals surface area contributed by atoms with Crippen LogP contribution < -0.4 is 9.47 Å². The van der Waals surface area contributed by atoms with Crippen LogP contribution in [0.5, 0.6) is 17.2 Å².